The maximum absolute atomic E-state index is 12.1. The van der Waals surface area contributed by atoms with Crippen LogP contribution >= 0.6 is 0 Å². The van der Waals surface area contributed by atoms with Crippen molar-refractivity contribution in [2.45, 2.75) is 19.4 Å². The van der Waals surface area contributed by atoms with Crippen LogP contribution in [0, 0.1) is 0 Å². The van der Waals surface area contributed by atoms with Crippen molar-refractivity contribution in [1.82, 2.24) is 25.6 Å². The van der Waals surface area contributed by atoms with Crippen molar-refractivity contribution < 1.29 is 4.79 Å². The summed E-state index contributed by atoms with van der Waals surface area (Å²) in [5.41, 5.74) is 6.71. The predicted octanol–water partition coefficient (Wildman–Crippen LogP) is 1.81. The lowest BCUT2D eigenvalue weighted by Gasteiger charge is -2.02. The number of nitrogens with zero attached hydrogens (tertiary/aromatic N) is 5. The zero-order valence-corrected chi connectivity index (χ0v) is 13.5. The molecule has 2 aromatic carbocycles. The SMILES string of the molecule is O=C(Cn1nnc(-c2ccccc2)n1)NN=C1CCc2ccccc21. The van der Waals surface area contributed by atoms with E-state index in [1.165, 1.54) is 10.4 Å². The van der Waals surface area contributed by atoms with Crippen LogP contribution in [0.5, 0.6) is 0 Å². The average Bonchev–Trinajstić information content (AvgIpc) is 3.28. The number of hydrogen-bond acceptors (Lipinski definition) is 5. The fourth-order valence-corrected chi connectivity index (χ4v) is 2.83. The summed E-state index contributed by atoms with van der Waals surface area (Å²) in [6, 6.07) is 17.6. The molecular weight excluding hydrogens is 316 g/mol. The number of benzene rings is 2. The van der Waals surface area contributed by atoms with Gasteiger partial charge in [-0.25, -0.2) is 5.43 Å². The normalized spacial score (nSPS) is 14.5. The van der Waals surface area contributed by atoms with Gasteiger partial charge in [0, 0.05) is 11.1 Å². The fourth-order valence-electron chi connectivity index (χ4n) is 2.83. The zero-order valence-electron chi connectivity index (χ0n) is 13.5. The number of nitrogens with one attached hydrogen (secondary N) is 1. The van der Waals surface area contributed by atoms with Gasteiger partial charge in [-0.05, 0) is 23.6 Å². The zero-order chi connectivity index (χ0) is 17.1. The lowest BCUT2D eigenvalue weighted by atomic mass is 10.1. The number of amides is 1. The Morgan fingerprint density at radius 1 is 1.08 bits per heavy atom. The van der Waals surface area contributed by atoms with Crippen LogP contribution in [0.2, 0.25) is 0 Å². The van der Waals surface area contributed by atoms with Gasteiger partial charge in [-0.15, -0.1) is 10.2 Å². The molecule has 0 radical (unpaired) electrons. The topological polar surface area (TPSA) is 85.1 Å². The number of carbonyl (C=O) groups excluding carboxylic acids is 1. The molecule has 4 rings (SSSR count). The monoisotopic (exact) mass is 332 g/mol. The second-order valence-electron chi connectivity index (χ2n) is 5.76. The number of aromatic nitrogens is 4. The van der Waals surface area contributed by atoms with Gasteiger partial charge < -0.3 is 0 Å². The molecule has 124 valence electrons. The van der Waals surface area contributed by atoms with E-state index in [1.807, 2.05) is 48.5 Å². The molecule has 0 atom stereocenters. The maximum Gasteiger partial charge on any atom is 0.263 e. The highest BCUT2D eigenvalue weighted by atomic mass is 16.2. The lowest BCUT2D eigenvalue weighted by molar-refractivity contribution is -0.122. The van der Waals surface area contributed by atoms with Crippen LogP contribution in [0.3, 0.4) is 0 Å². The van der Waals surface area contributed by atoms with Crippen molar-refractivity contribution in [3.8, 4) is 11.4 Å². The van der Waals surface area contributed by atoms with Gasteiger partial charge in [0.2, 0.25) is 5.82 Å². The Kier molecular flexibility index (Phi) is 4.04. The molecule has 1 aliphatic rings. The number of aryl methyl sites for hydroxylation is 1. The Balaban J connectivity index is 1.40. The van der Waals surface area contributed by atoms with E-state index in [1.54, 1.807) is 0 Å². The van der Waals surface area contributed by atoms with Crippen LogP contribution in [-0.2, 0) is 17.8 Å². The Morgan fingerprint density at radius 2 is 1.88 bits per heavy atom. The molecule has 25 heavy (non-hydrogen) atoms. The second kappa shape index (κ2) is 6.64. The summed E-state index contributed by atoms with van der Waals surface area (Å²) in [5, 5.41) is 16.4. The molecule has 3 aromatic rings. The summed E-state index contributed by atoms with van der Waals surface area (Å²) in [5.74, 6) is 0.207. The van der Waals surface area contributed by atoms with Gasteiger partial charge in [0.25, 0.3) is 5.91 Å². The minimum Gasteiger partial charge on any atom is -0.271 e. The van der Waals surface area contributed by atoms with Crippen molar-refractivity contribution in [2.75, 3.05) is 0 Å². The Morgan fingerprint density at radius 3 is 2.76 bits per heavy atom. The molecule has 1 heterocycles. The van der Waals surface area contributed by atoms with Crippen LogP contribution in [0.4, 0.5) is 0 Å². The first-order chi connectivity index (χ1) is 12.3. The quantitative estimate of drug-likeness (QED) is 0.738. The highest BCUT2D eigenvalue weighted by Crippen LogP contribution is 2.21. The number of hydrogen-bond donors (Lipinski definition) is 1. The smallest absolute Gasteiger partial charge is 0.263 e. The first-order valence-corrected chi connectivity index (χ1v) is 8.06. The van der Waals surface area contributed by atoms with E-state index in [-0.39, 0.29) is 12.5 Å². The molecule has 7 heteroatoms. The molecule has 0 spiro atoms. The van der Waals surface area contributed by atoms with Crippen LogP contribution in [0.15, 0.2) is 59.7 Å². The highest BCUT2D eigenvalue weighted by Gasteiger charge is 2.17. The first-order valence-electron chi connectivity index (χ1n) is 8.06. The maximum atomic E-state index is 12.1. The molecule has 0 unspecified atom stereocenters. The van der Waals surface area contributed by atoms with E-state index in [9.17, 15) is 4.79 Å². The Hall–Kier alpha value is -3.35. The summed E-state index contributed by atoms with van der Waals surface area (Å²) in [7, 11) is 0. The van der Waals surface area contributed by atoms with Crippen LogP contribution in [0.1, 0.15) is 17.5 Å². The largest absolute Gasteiger partial charge is 0.271 e. The molecule has 0 fully saturated rings. The molecule has 7 nitrogen and oxygen atoms in total. The van der Waals surface area contributed by atoms with E-state index in [0.29, 0.717) is 5.82 Å². The molecule has 0 saturated carbocycles. The minimum atomic E-state index is -0.283. The molecule has 1 aromatic heterocycles. The summed E-state index contributed by atoms with van der Waals surface area (Å²) in [6.07, 6.45) is 1.79. The molecule has 1 N–H and O–H groups in total. The van der Waals surface area contributed by atoms with Gasteiger partial charge in [-0.1, -0.05) is 54.6 Å². The second-order valence-corrected chi connectivity index (χ2v) is 5.76. The molecule has 0 aliphatic heterocycles. The Labute approximate surface area is 144 Å². The van der Waals surface area contributed by atoms with Crippen LogP contribution < -0.4 is 5.43 Å². The number of carbonyl (C=O) groups is 1. The molecule has 0 bridgehead atoms. The summed E-state index contributed by atoms with van der Waals surface area (Å²) < 4.78 is 0. The molecule has 0 saturated heterocycles. The predicted molar refractivity (Wildman–Crippen MR) is 92.7 cm³/mol. The van der Waals surface area contributed by atoms with Gasteiger partial charge in [-0.2, -0.15) is 9.90 Å². The van der Waals surface area contributed by atoms with Gasteiger partial charge in [-0.3, -0.25) is 4.79 Å². The van der Waals surface area contributed by atoms with Crippen molar-refractivity contribution in [2.24, 2.45) is 5.10 Å². The van der Waals surface area contributed by atoms with Gasteiger partial charge in [0.1, 0.15) is 6.54 Å². The van der Waals surface area contributed by atoms with Crippen molar-refractivity contribution in [3.63, 3.8) is 0 Å². The average molecular weight is 332 g/mol. The summed E-state index contributed by atoms with van der Waals surface area (Å²) in [4.78, 5) is 13.3. The number of fused-ring (bicyclic) bond motifs is 1. The Bertz CT molecular complexity index is 932. The third kappa shape index (κ3) is 3.30. The van der Waals surface area contributed by atoms with Crippen molar-refractivity contribution >= 4 is 11.6 Å². The number of tetrazole rings is 1. The van der Waals surface area contributed by atoms with Gasteiger partial charge in [0.15, 0.2) is 0 Å². The van der Waals surface area contributed by atoms with E-state index in [4.69, 9.17) is 0 Å². The van der Waals surface area contributed by atoms with Crippen molar-refractivity contribution in [1.29, 1.82) is 0 Å². The van der Waals surface area contributed by atoms with E-state index < -0.39 is 0 Å². The molecule has 1 aliphatic carbocycles. The standard InChI is InChI=1S/C18H16N6O/c25-17(20-19-16-11-10-13-6-4-5-9-15(13)16)12-24-22-18(21-23-24)14-7-2-1-3-8-14/h1-9H,10-12H2,(H,20,25). The minimum absolute atomic E-state index is 0.0295. The first kappa shape index (κ1) is 15.2. The fraction of sp³-hybridized carbons (Fsp3) is 0.167. The molecular formula is C18H16N6O. The van der Waals surface area contributed by atoms with Gasteiger partial charge in [0.05, 0.1) is 5.71 Å². The van der Waals surface area contributed by atoms with E-state index >= 15 is 0 Å². The van der Waals surface area contributed by atoms with Gasteiger partial charge >= 0.3 is 0 Å². The van der Waals surface area contributed by atoms with E-state index in [2.05, 4.69) is 32.0 Å². The van der Waals surface area contributed by atoms with Crippen LogP contribution in [0.25, 0.3) is 11.4 Å². The third-order valence-corrected chi connectivity index (χ3v) is 4.04. The number of rotatable bonds is 4. The number of hydrazone groups is 1. The lowest BCUT2D eigenvalue weighted by Crippen LogP contribution is -2.25. The van der Waals surface area contributed by atoms with E-state index in [0.717, 1.165) is 29.7 Å². The van der Waals surface area contributed by atoms with Crippen molar-refractivity contribution in [3.05, 3.63) is 65.7 Å². The molecule has 1 amide bonds. The summed E-state index contributed by atoms with van der Waals surface area (Å²) >= 11 is 0. The third-order valence-electron chi connectivity index (χ3n) is 4.04. The summed E-state index contributed by atoms with van der Waals surface area (Å²) in [6.45, 7) is -0.0295. The highest BCUT2D eigenvalue weighted by molar-refractivity contribution is 6.04. The van der Waals surface area contributed by atoms with Crippen LogP contribution in [-0.4, -0.2) is 31.8 Å².